The first-order valence-corrected chi connectivity index (χ1v) is 9.84. The van der Waals surface area contributed by atoms with Crippen LogP contribution in [0.3, 0.4) is 0 Å². The first-order chi connectivity index (χ1) is 13.6. The molecule has 1 fully saturated rings. The Bertz CT molecular complexity index is 678. The van der Waals surface area contributed by atoms with Gasteiger partial charge < -0.3 is 24.8 Å². The summed E-state index contributed by atoms with van der Waals surface area (Å²) in [5.41, 5.74) is 1.68. The van der Waals surface area contributed by atoms with E-state index < -0.39 is 5.97 Å². The fourth-order valence-corrected chi connectivity index (χ4v) is 3.41. The van der Waals surface area contributed by atoms with Crippen LogP contribution in [0.4, 0.5) is 0 Å². The molecule has 0 heterocycles. The number of nitrogens with zero attached hydrogens (tertiary/aromatic N) is 1. The second-order valence-electron chi connectivity index (χ2n) is 7.17. The largest absolute Gasteiger partial charge is 0.496 e. The van der Waals surface area contributed by atoms with Crippen molar-refractivity contribution < 1.29 is 19.0 Å². The van der Waals surface area contributed by atoms with E-state index in [9.17, 15) is 4.79 Å². The number of nitrogens with one attached hydrogen (secondary N) is 2. The molecule has 1 aromatic rings. The lowest BCUT2D eigenvalue weighted by Gasteiger charge is -2.42. The molecule has 0 aliphatic heterocycles. The molecule has 0 bridgehead atoms. The molecule has 1 aliphatic rings. The Labute approximate surface area is 191 Å². The lowest BCUT2D eigenvalue weighted by molar-refractivity contribution is 0.0597. The maximum absolute atomic E-state index is 11.8. The quantitative estimate of drug-likeness (QED) is 0.214. The van der Waals surface area contributed by atoms with Gasteiger partial charge in [0.05, 0.1) is 20.8 Å². The average Bonchev–Trinajstić information content (AvgIpc) is 2.69. The van der Waals surface area contributed by atoms with Crippen LogP contribution in [0, 0.1) is 5.41 Å². The summed E-state index contributed by atoms with van der Waals surface area (Å²) in [5, 5.41) is 6.79. The average molecular weight is 519 g/mol. The van der Waals surface area contributed by atoms with Crippen LogP contribution in [-0.2, 0) is 16.0 Å². The highest BCUT2D eigenvalue weighted by atomic mass is 127. The van der Waals surface area contributed by atoms with E-state index in [2.05, 4.69) is 22.5 Å². The smallest absolute Gasteiger partial charge is 0.341 e. The van der Waals surface area contributed by atoms with Crippen molar-refractivity contribution >= 4 is 35.9 Å². The number of guanidine groups is 1. The number of rotatable bonds is 10. The summed E-state index contributed by atoms with van der Waals surface area (Å²) >= 11 is 0. The summed E-state index contributed by atoms with van der Waals surface area (Å²) in [6.07, 6.45) is 4.82. The van der Waals surface area contributed by atoms with Crippen LogP contribution in [0.2, 0.25) is 0 Å². The molecule has 0 unspecified atom stereocenters. The van der Waals surface area contributed by atoms with Gasteiger partial charge in [0, 0.05) is 26.8 Å². The number of methoxy groups -OCH3 is 3. The van der Waals surface area contributed by atoms with Gasteiger partial charge in [-0.1, -0.05) is 12.5 Å². The van der Waals surface area contributed by atoms with Gasteiger partial charge in [-0.25, -0.2) is 9.79 Å². The van der Waals surface area contributed by atoms with Gasteiger partial charge in [-0.3, -0.25) is 0 Å². The zero-order valence-corrected chi connectivity index (χ0v) is 20.2. The third-order valence-corrected chi connectivity index (χ3v) is 5.32. The van der Waals surface area contributed by atoms with Gasteiger partial charge in [-0.15, -0.1) is 24.0 Å². The fourth-order valence-electron chi connectivity index (χ4n) is 3.41. The summed E-state index contributed by atoms with van der Waals surface area (Å²) in [5.74, 6) is 0.872. The van der Waals surface area contributed by atoms with Crippen molar-refractivity contribution in [2.45, 2.75) is 39.2 Å². The Kier molecular flexibility index (Phi) is 11.3. The normalized spacial score (nSPS) is 15.0. The van der Waals surface area contributed by atoms with E-state index in [1.54, 1.807) is 20.3 Å². The summed E-state index contributed by atoms with van der Waals surface area (Å²) in [4.78, 5) is 16.5. The highest BCUT2D eigenvalue weighted by Gasteiger charge is 2.36. The number of hydrogen-bond donors (Lipinski definition) is 2. The molecule has 2 rings (SSSR count). The lowest BCUT2D eigenvalue weighted by atomic mass is 9.67. The molecule has 7 nitrogen and oxygen atoms in total. The van der Waals surface area contributed by atoms with Crippen LogP contribution >= 0.6 is 24.0 Å². The summed E-state index contributed by atoms with van der Waals surface area (Å²) in [6.45, 7) is 5.02. The first-order valence-electron chi connectivity index (χ1n) is 9.84. The minimum Gasteiger partial charge on any atom is -0.496 e. The van der Waals surface area contributed by atoms with Crippen LogP contribution in [0.25, 0.3) is 0 Å². The number of hydrogen-bond acceptors (Lipinski definition) is 5. The van der Waals surface area contributed by atoms with Gasteiger partial charge in [-0.05, 0) is 49.3 Å². The van der Waals surface area contributed by atoms with E-state index >= 15 is 0 Å². The van der Waals surface area contributed by atoms with E-state index in [0.717, 1.165) is 37.6 Å². The Balaban J connectivity index is 0.00000420. The van der Waals surface area contributed by atoms with E-state index in [-0.39, 0.29) is 24.0 Å². The van der Waals surface area contributed by atoms with E-state index in [4.69, 9.17) is 14.2 Å². The maximum atomic E-state index is 11.8. The maximum Gasteiger partial charge on any atom is 0.341 e. The molecule has 0 aromatic heterocycles. The zero-order chi connectivity index (χ0) is 20.4. The standard InChI is InChI=1S/C21H33N3O4.HI/c1-5-22-20(24-15-21(9-6-10-21)11-12-26-2)23-14-16-7-8-17(19(25)28-4)18(13-16)27-3;/h7-8,13H,5-6,9-12,14-15H2,1-4H3,(H2,22,23,24);1H. The first kappa shape index (κ1) is 25.5. The second-order valence-corrected chi connectivity index (χ2v) is 7.17. The van der Waals surface area contributed by atoms with Crippen LogP contribution in [0.5, 0.6) is 5.75 Å². The molecular weight excluding hydrogens is 485 g/mol. The van der Waals surface area contributed by atoms with Crippen molar-refractivity contribution in [2.75, 3.05) is 41.0 Å². The van der Waals surface area contributed by atoms with Gasteiger partial charge in [-0.2, -0.15) is 0 Å². The predicted octanol–water partition coefficient (Wildman–Crippen LogP) is 3.36. The van der Waals surface area contributed by atoms with Crippen LogP contribution < -0.4 is 15.4 Å². The number of carbonyl (C=O) groups excluding carboxylic acids is 1. The monoisotopic (exact) mass is 519 g/mol. The van der Waals surface area contributed by atoms with Crippen molar-refractivity contribution in [3.63, 3.8) is 0 Å². The van der Waals surface area contributed by atoms with Gasteiger partial charge in [0.2, 0.25) is 0 Å². The molecule has 1 saturated carbocycles. The summed E-state index contributed by atoms with van der Waals surface area (Å²) in [6, 6.07) is 5.41. The number of aliphatic imine (C=N–C) groups is 1. The SMILES string of the molecule is CCNC(=NCc1ccc(C(=O)OC)c(OC)c1)NCC1(CCOC)CCC1.I. The number of halogens is 1. The van der Waals surface area contributed by atoms with Gasteiger partial charge in [0.1, 0.15) is 11.3 Å². The Morgan fingerprint density at radius 3 is 2.52 bits per heavy atom. The molecule has 8 heteroatoms. The van der Waals surface area contributed by atoms with Crippen molar-refractivity contribution in [2.24, 2.45) is 10.4 Å². The number of esters is 1. The molecule has 164 valence electrons. The molecule has 2 N–H and O–H groups in total. The van der Waals surface area contributed by atoms with Gasteiger partial charge in [0.15, 0.2) is 5.96 Å². The minimum absolute atomic E-state index is 0. The summed E-state index contributed by atoms with van der Waals surface area (Å²) < 4.78 is 15.4. The topological polar surface area (TPSA) is 81.2 Å². The number of benzene rings is 1. The highest BCUT2D eigenvalue weighted by molar-refractivity contribution is 14.0. The zero-order valence-electron chi connectivity index (χ0n) is 17.9. The van der Waals surface area contributed by atoms with Crippen LogP contribution in [-0.4, -0.2) is 53.0 Å². The van der Waals surface area contributed by atoms with Crippen molar-refractivity contribution in [1.82, 2.24) is 10.6 Å². The molecule has 0 saturated heterocycles. The molecule has 29 heavy (non-hydrogen) atoms. The van der Waals surface area contributed by atoms with Crippen molar-refractivity contribution in [3.05, 3.63) is 29.3 Å². The molecule has 0 radical (unpaired) electrons. The highest BCUT2D eigenvalue weighted by Crippen LogP contribution is 2.43. The molecule has 0 atom stereocenters. The van der Waals surface area contributed by atoms with Crippen LogP contribution in [0.15, 0.2) is 23.2 Å². The predicted molar refractivity (Wildman–Crippen MR) is 125 cm³/mol. The molecular formula is C21H34IN3O4. The van der Waals surface area contributed by atoms with E-state index in [0.29, 0.717) is 23.3 Å². The Morgan fingerprint density at radius 1 is 1.21 bits per heavy atom. The number of ether oxygens (including phenoxy) is 3. The Morgan fingerprint density at radius 2 is 1.97 bits per heavy atom. The Hall–Kier alpha value is -1.55. The number of carbonyl (C=O) groups is 1. The molecule has 0 amide bonds. The third-order valence-electron chi connectivity index (χ3n) is 5.32. The van der Waals surface area contributed by atoms with E-state index in [1.165, 1.54) is 26.4 Å². The molecule has 1 aliphatic carbocycles. The van der Waals surface area contributed by atoms with Crippen molar-refractivity contribution in [3.8, 4) is 5.75 Å². The molecule has 0 spiro atoms. The third kappa shape index (κ3) is 7.33. The van der Waals surface area contributed by atoms with Gasteiger partial charge >= 0.3 is 5.97 Å². The molecule has 1 aromatic carbocycles. The van der Waals surface area contributed by atoms with Crippen LogP contribution in [0.1, 0.15) is 48.5 Å². The lowest BCUT2D eigenvalue weighted by Crippen LogP contribution is -2.46. The second kappa shape index (κ2) is 12.9. The van der Waals surface area contributed by atoms with E-state index in [1.807, 2.05) is 12.1 Å². The van der Waals surface area contributed by atoms with Crippen molar-refractivity contribution in [1.29, 1.82) is 0 Å². The fraction of sp³-hybridized carbons (Fsp3) is 0.619. The minimum atomic E-state index is -0.413. The summed E-state index contributed by atoms with van der Waals surface area (Å²) in [7, 11) is 4.65. The van der Waals surface area contributed by atoms with Gasteiger partial charge in [0.25, 0.3) is 0 Å².